The maximum atomic E-state index is 12.6. The Hall–Kier alpha value is -1.72. The quantitative estimate of drug-likeness (QED) is 0.839. The van der Waals surface area contributed by atoms with Gasteiger partial charge in [0.2, 0.25) is 5.91 Å². The first-order valence-electron chi connectivity index (χ1n) is 9.19. The van der Waals surface area contributed by atoms with Gasteiger partial charge in [0.1, 0.15) is 0 Å². The molecule has 2 aliphatic rings. The van der Waals surface area contributed by atoms with Crippen molar-refractivity contribution in [1.82, 2.24) is 14.8 Å². The molecule has 132 valence electrons. The number of rotatable bonds is 4. The number of pyridine rings is 1. The van der Waals surface area contributed by atoms with E-state index in [9.17, 15) is 4.79 Å². The van der Waals surface area contributed by atoms with Gasteiger partial charge in [0.15, 0.2) is 0 Å². The van der Waals surface area contributed by atoms with Crippen molar-refractivity contribution in [1.29, 1.82) is 0 Å². The zero-order valence-corrected chi connectivity index (χ0v) is 15.4. The molecule has 4 rings (SSSR count). The van der Waals surface area contributed by atoms with Gasteiger partial charge in [-0.3, -0.25) is 14.7 Å². The van der Waals surface area contributed by atoms with Crippen LogP contribution in [0.5, 0.6) is 0 Å². The van der Waals surface area contributed by atoms with E-state index < -0.39 is 0 Å². The predicted octanol–water partition coefficient (Wildman–Crippen LogP) is 3.69. The van der Waals surface area contributed by atoms with E-state index in [1.54, 1.807) is 6.20 Å². The lowest BCUT2D eigenvalue weighted by molar-refractivity contribution is -0.132. The highest BCUT2D eigenvalue weighted by Crippen LogP contribution is 2.40. The maximum Gasteiger partial charge on any atom is 0.223 e. The molecule has 0 aromatic carbocycles. The SMILES string of the molecule is O=C1CCC2(CCCN(Cc3cccs3)CC2)N1Cc1cccnc1. The van der Waals surface area contributed by atoms with Crippen LogP contribution in [0.3, 0.4) is 0 Å². The van der Waals surface area contributed by atoms with Gasteiger partial charge in [-0.15, -0.1) is 11.3 Å². The van der Waals surface area contributed by atoms with Crippen LogP contribution in [0, 0.1) is 0 Å². The summed E-state index contributed by atoms with van der Waals surface area (Å²) in [5, 5.41) is 2.15. The molecule has 1 unspecified atom stereocenters. The molecular weight excluding hydrogens is 330 g/mol. The fourth-order valence-corrected chi connectivity index (χ4v) is 5.09. The van der Waals surface area contributed by atoms with E-state index in [0.29, 0.717) is 18.9 Å². The number of carbonyl (C=O) groups excluding carboxylic acids is 1. The zero-order chi connectivity index (χ0) is 17.1. The van der Waals surface area contributed by atoms with Crippen LogP contribution < -0.4 is 0 Å². The summed E-state index contributed by atoms with van der Waals surface area (Å²) in [5.41, 5.74) is 1.19. The van der Waals surface area contributed by atoms with Gasteiger partial charge < -0.3 is 4.90 Å². The fourth-order valence-electron chi connectivity index (χ4n) is 4.34. The Bertz CT molecular complexity index is 703. The second-order valence-electron chi connectivity index (χ2n) is 7.27. The van der Waals surface area contributed by atoms with E-state index in [-0.39, 0.29) is 5.54 Å². The third-order valence-electron chi connectivity index (χ3n) is 5.71. The Balaban J connectivity index is 1.47. The molecular formula is C20H25N3OS. The smallest absolute Gasteiger partial charge is 0.223 e. The van der Waals surface area contributed by atoms with Crippen LogP contribution >= 0.6 is 11.3 Å². The van der Waals surface area contributed by atoms with Crippen molar-refractivity contribution in [3.05, 3.63) is 52.5 Å². The number of nitrogens with zero attached hydrogens (tertiary/aromatic N) is 3. The van der Waals surface area contributed by atoms with Crippen LogP contribution in [0.2, 0.25) is 0 Å². The fraction of sp³-hybridized carbons (Fsp3) is 0.500. The number of hydrogen-bond donors (Lipinski definition) is 0. The standard InChI is InChI=1S/C20H25N3OS/c24-19-6-8-20(23(19)15-17-4-1-10-21-14-17)7-3-11-22(12-9-20)16-18-5-2-13-25-18/h1-2,4-5,10,13-14H,3,6-9,11-12,15-16H2. The van der Waals surface area contributed by atoms with E-state index in [1.807, 2.05) is 23.6 Å². The summed E-state index contributed by atoms with van der Waals surface area (Å²) in [6.45, 7) is 3.96. The molecule has 4 nitrogen and oxygen atoms in total. The van der Waals surface area contributed by atoms with Crippen molar-refractivity contribution in [2.24, 2.45) is 0 Å². The topological polar surface area (TPSA) is 36.4 Å². The summed E-state index contributed by atoms with van der Waals surface area (Å²) in [6, 6.07) is 8.38. The van der Waals surface area contributed by atoms with Gasteiger partial charge in [0.05, 0.1) is 0 Å². The minimum absolute atomic E-state index is 0.0527. The van der Waals surface area contributed by atoms with Crippen molar-refractivity contribution in [2.75, 3.05) is 13.1 Å². The van der Waals surface area contributed by atoms with Crippen molar-refractivity contribution in [3.8, 4) is 0 Å². The summed E-state index contributed by atoms with van der Waals surface area (Å²) < 4.78 is 0. The third kappa shape index (κ3) is 3.62. The number of hydrogen-bond acceptors (Lipinski definition) is 4. The normalized spacial score (nSPS) is 24.8. The lowest BCUT2D eigenvalue weighted by atomic mass is 9.87. The summed E-state index contributed by atoms with van der Waals surface area (Å²) in [4.78, 5) is 23.0. The highest BCUT2D eigenvalue weighted by Gasteiger charge is 2.45. The molecule has 2 aromatic rings. The Kier molecular flexibility index (Phi) is 4.86. The van der Waals surface area contributed by atoms with Gasteiger partial charge in [0.25, 0.3) is 0 Å². The molecule has 5 heteroatoms. The van der Waals surface area contributed by atoms with Crippen LogP contribution in [0.25, 0.3) is 0 Å². The van der Waals surface area contributed by atoms with Crippen molar-refractivity contribution < 1.29 is 4.79 Å². The van der Waals surface area contributed by atoms with Crippen LogP contribution in [-0.4, -0.2) is 39.3 Å². The Morgan fingerprint density at radius 1 is 1.12 bits per heavy atom. The predicted molar refractivity (Wildman–Crippen MR) is 100 cm³/mol. The highest BCUT2D eigenvalue weighted by molar-refractivity contribution is 7.09. The van der Waals surface area contributed by atoms with Gasteiger partial charge >= 0.3 is 0 Å². The van der Waals surface area contributed by atoms with E-state index in [4.69, 9.17) is 0 Å². The van der Waals surface area contributed by atoms with Gasteiger partial charge in [-0.05, 0) is 55.3 Å². The minimum Gasteiger partial charge on any atom is -0.333 e. The average Bonchev–Trinajstić information content (AvgIpc) is 3.18. The molecule has 0 N–H and O–H groups in total. The largest absolute Gasteiger partial charge is 0.333 e. The number of aromatic nitrogens is 1. The molecule has 0 bridgehead atoms. The Morgan fingerprint density at radius 3 is 2.88 bits per heavy atom. The lowest BCUT2D eigenvalue weighted by Crippen LogP contribution is -2.45. The van der Waals surface area contributed by atoms with E-state index in [1.165, 1.54) is 11.3 Å². The molecule has 0 saturated carbocycles. The first-order chi connectivity index (χ1) is 12.3. The second-order valence-corrected chi connectivity index (χ2v) is 8.31. The summed E-state index contributed by atoms with van der Waals surface area (Å²) >= 11 is 1.84. The average molecular weight is 356 g/mol. The van der Waals surface area contributed by atoms with Gasteiger partial charge in [0, 0.05) is 48.9 Å². The summed E-state index contributed by atoms with van der Waals surface area (Å²) in [7, 11) is 0. The van der Waals surface area contributed by atoms with E-state index in [0.717, 1.165) is 44.5 Å². The van der Waals surface area contributed by atoms with E-state index >= 15 is 0 Å². The molecule has 2 fully saturated rings. The second kappa shape index (κ2) is 7.26. The minimum atomic E-state index is 0.0527. The van der Waals surface area contributed by atoms with Crippen LogP contribution in [-0.2, 0) is 17.9 Å². The molecule has 2 saturated heterocycles. The Labute approximate surface area is 153 Å². The van der Waals surface area contributed by atoms with Crippen LogP contribution in [0.4, 0.5) is 0 Å². The van der Waals surface area contributed by atoms with Crippen molar-refractivity contribution in [2.45, 2.75) is 50.7 Å². The maximum absolute atomic E-state index is 12.6. The molecule has 1 atom stereocenters. The molecule has 0 aliphatic carbocycles. The number of carbonyl (C=O) groups is 1. The summed E-state index contributed by atoms with van der Waals surface area (Å²) in [6.07, 6.45) is 8.77. The number of thiophene rings is 1. The molecule has 2 aromatic heterocycles. The van der Waals surface area contributed by atoms with Gasteiger partial charge in [-0.1, -0.05) is 12.1 Å². The molecule has 2 aliphatic heterocycles. The molecule has 4 heterocycles. The molecule has 1 spiro atoms. The van der Waals surface area contributed by atoms with Gasteiger partial charge in [-0.25, -0.2) is 0 Å². The third-order valence-corrected chi connectivity index (χ3v) is 6.57. The number of amides is 1. The van der Waals surface area contributed by atoms with E-state index in [2.05, 4.69) is 38.4 Å². The first-order valence-corrected chi connectivity index (χ1v) is 10.1. The number of likely N-dealkylation sites (tertiary alicyclic amines) is 2. The lowest BCUT2D eigenvalue weighted by Gasteiger charge is -2.38. The summed E-state index contributed by atoms with van der Waals surface area (Å²) in [5.74, 6) is 0.315. The van der Waals surface area contributed by atoms with Crippen molar-refractivity contribution in [3.63, 3.8) is 0 Å². The Morgan fingerprint density at radius 2 is 2.08 bits per heavy atom. The molecule has 25 heavy (non-hydrogen) atoms. The van der Waals surface area contributed by atoms with Crippen LogP contribution in [0.15, 0.2) is 42.0 Å². The monoisotopic (exact) mass is 355 g/mol. The first kappa shape index (κ1) is 16.7. The molecule has 0 radical (unpaired) electrons. The highest BCUT2D eigenvalue weighted by atomic mass is 32.1. The molecule has 1 amide bonds. The van der Waals surface area contributed by atoms with Crippen molar-refractivity contribution >= 4 is 17.2 Å². The van der Waals surface area contributed by atoms with Gasteiger partial charge in [-0.2, -0.15) is 0 Å². The van der Waals surface area contributed by atoms with Crippen LogP contribution in [0.1, 0.15) is 42.5 Å². The zero-order valence-electron chi connectivity index (χ0n) is 14.6.